The van der Waals surface area contributed by atoms with E-state index in [1.165, 1.54) is 11.3 Å². The third-order valence-corrected chi connectivity index (χ3v) is 7.36. The van der Waals surface area contributed by atoms with Gasteiger partial charge in [0.25, 0.3) is 0 Å². The van der Waals surface area contributed by atoms with Crippen LogP contribution in [0, 0.1) is 6.92 Å². The molecule has 4 nitrogen and oxygen atoms in total. The van der Waals surface area contributed by atoms with E-state index in [1.54, 1.807) is 36.0 Å². The molecule has 2 aromatic rings. The van der Waals surface area contributed by atoms with Gasteiger partial charge in [0.2, 0.25) is 0 Å². The summed E-state index contributed by atoms with van der Waals surface area (Å²) in [4.78, 5) is 25.7. The fourth-order valence-corrected chi connectivity index (χ4v) is 5.91. The van der Waals surface area contributed by atoms with E-state index in [1.807, 2.05) is 37.5 Å². The van der Waals surface area contributed by atoms with E-state index >= 15 is 0 Å². The van der Waals surface area contributed by atoms with Gasteiger partial charge in [0.15, 0.2) is 0 Å². The quantitative estimate of drug-likeness (QED) is 0.585. The molecule has 0 saturated carbocycles. The molecule has 0 fully saturated rings. The van der Waals surface area contributed by atoms with Crippen molar-refractivity contribution < 1.29 is 19.8 Å². The molecule has 3 rings (SSSR count). The maximum atomic E-state index is 11.9. The van der Waals surface area contributed by atoms with Crippen LogP contribution in [0.4, 0.5) is 0 Å². The van der Waals surface area contributed by atoms with Crippen molar-refractivity contribution in [2.45, 2.75) is 17.2 Å². The summed E-state index contributed by atoms with van der Waals surface area (Å²) < 4.78 is 0. The van der Waals surface area contributed by atoms with E-state index in [2.05, 4.69) is 15.9 Å². The minimum Gasteiger partial charge on any atom is -0.478 e. The Hall–Kier alpha value is -1.83. The van der Waals surface area contributed by atoms with E-state index in [0.717, 1.165) is 9.78 Å². The summed E-state index contributed by atoms with van der Waals surface area (Å²) in [7, 11) is 0. The van der Waals surface area contributed by atoms with Crippen molar-refractivity contribution in [2.75, 3.05) is 6.26 Å². The van der Waals surface area contributed by atoms with Gasteiger partial charge in [-0.1, -0.05) is 52.4 Å². The SMILES string of the molecule is CSC1=CC(Br)C(c2ccccc2C(=O)O)(c2cc(C)sc2C(=O)O)C=C1. The van der Waals surface area contributed by atoms with Crippen LogP contribution in [0.1, 0.15) is 36.0 Å². The molecule has 0 bridgehead atoms. The Kier molecular flexibility index (Phi) is 5.65. The summed E-state index contributed by atoms with van der Waals surface area (Å²) in [6, 6.07) is 8.63. The number of allylic oxidation sites excluding steroid dienone is 3. The average Bonchev–Trinajstić information content (AvgIpc) is 3.04. The number of thiophene rings is 1. The molecule has 2 N–H and O–H groups in total. The summed E-state index contributed by atoms with van der Waals surface area (Å²) in [6.45, 7) is 1.86. The highest BCUT2D eigenvalue weighted by molar-refractivity contribution is 9.09. The topological polar surface area (TPSA) is 74.6 Å². The largest absolute Gasteiger partial charge is 0.478 e. The monoisotopic (exact) mass is 464 g/mol. The molecule has 0 aliphatic heterocycles. The standard InChI is InChI=1S/C20H17BrO4S2/c1-11-9-15(17(27-11)19(24)25)20(8-7-12(26-2)10-16(20)21)14-6-4-3-5-13(14)18(22)23/h3-10,16H,1-2H3,(H,22,23)(H,24,25). The van der Waals surface area contributed by atoms with Crippen molar-refractivity contribution in [3.63, 3.8) is 0 Å². The maximum Gasteiger partial charge on any atom is 0.346 e. The number of thioether (sulfide) groups is 1. The number of carboxylic acid groups (broad SMARTS) is 2. The average molecular weight is 465 g/mol. The first kappa shape index (κ1) is 19.9. The lowest BCUT2D eigenvalue weighted by molar-refractivity contribution is 0.0688. The molecule has 140 valence electrons. The number of carbonyl (C=O) groups is 2. The van der Waals surface area contributed by atoms with Gasteiger partial charge in [0, 0.05) is 9.78 Å². The molecular weight excluding hydrogens is 448 g/mol. The highest BCUT2D eigenvalue weighted by Crippen LogP contribution is 2.49. The Bertz CT molecular complexity index is 976. The number of hydrogen-bond acceptors (Lipinski definition) is 4. The van der Waals surface area contributed by atoms with Crippen molar-refractivity contribution in [1.82, 2.24) is 0 Å². The zero-order chi connectivity index (χ0) is 19.8. The van der Waals surface area contributed by atoms with Gasteiger partial charge in [-0.25, -0.2) is 9.59 Å². The molecule has 1 aromatic carbocycles. The van der Waals surface area contributed by atoms with E-state index in [0.29, 0.717) is 11.1 Å². The number of alkyl halides is 1. The first-order valence-corrected chi connectivity index (χ1v) is 11.0. The second-order valence-electron chi connectivity index (χ2n) is 6.13. The van der Waals surface area contributed by atoms with Crippen molar-refractivity contribution >= 4 is 51.0 Å². The van der Waals surface area contributed by atoms with Crippen molar-refractivity contribution in [1.29, 1.82) is 0 Å². The Morgan fingerprint density at radius 1 is 1.19 bits per heavy atom. The minimum absolute atomic E-state index is 0.160. The van der Waals surface area contributed by atoms with Gasteiger partial charge < -0.3 is 10.2 Å². The highest BCUT2D eigenvalue weighted by Gasteiger charge is 2.45. The van der Waals surface area contributed by atoms with Crippen molar-refractivity contribution in [3.8, 4) is 0 Å². The van der Waals surface area contributed by atoms with Gasteiger partial charge in [-0.15, -0.1) is 23.1 Å². The van der Waals surface area contributed by atoms with Crippen LogP contribution in [-0.4, -0.2) is 33.2 Å². The van der Waals surface area contributed by atoms with Crippen LogP contribution in [-0.2, 0) is 5.41 Å². The van der Waals surface area contributed by atoms with Crippen molar-refractivity contribution in [3.05, 3.63) is 79.9 Å². The molecule has 1 aliphatic rings. The zero-order valence-electron chi connectivity index (χ0n) is 14.6. The van der Waals surface area contributed by atoms with Gasteiger partial charge in [0.05, 0.1) is 15.8 Å². The molecular formula is C20H17BrO4S2. The van der Waals surface area contributed by atoms with Gasteiger partial charge in [0.1, 0.15) is 4.88 Å². The first-order valence-electron chi connectivity index (χ1n) is 8.07. The van der Waals surface area contributed by atoms with Gasteiger partial charge in [-0.05, 0) is 36.4 Å². The number of hydrogen-bond donors (Lipinski definition) is 2. The first-order chi connectivity index (χ1) is 12.8. The molecule has 0 saturated heterocycles. The van der Waals surface area contributed by atoms with Crippen LogP contribution in [0.15, 0.2) is 53.5 Å². The maximum absolute atomic E-state index is 11.9. The van der Waals surface area contributed by atoms with Crippen LogP contribution < -0.4 is 0 Å². The van der Waals surface area contributed by atoms with Crippen LogP contribution in [0.2, 0.25) is 0 Å². The second kappa shape index (κ2) is 7.66. The number of aryl methyl sites for hydroxylation is 1. The molecule has 7 heteroatoms. The summed E-state index contributed by atoms with van der Waals surface area (Å²) in [6.07, 6.45) is 7.82. The van der Waals surface area contributed by atoms with Crippen LogP contribution in [0.3, 0.4) is 0 Å². The highest BCUT2D eigenvalue weighted by atomic mass is 79.9. The van der Waals surface area contributed by atoms with Crippen LogP contribution in [0.5, 0.6) is 0 Å². The zero-order valence-corrected chi connectivity index (χ0v) is 17.8. The number of carboxylic acids is 2. The summed E-state index contributed by atoms with van der Waals surface area (Å²) >= 11 is 6.51. The van der Waals surface area contributed by atoms with E-state index in [-0.39, 0.29) is 15.3 Å². The predicted molar refractivity (Wildman–Crippen MR) is 114 cm³/mol. The lowest BCUT2D eigenvalue weighted by Crippen LogP contribution is -2.38. The molecule has 27 heavy (non-hydrogen) atoms. The van der Waals surface area contributed by atoms with Gasteiger partial charge in [-0.2, -0.15) is 0 Å². The predicted octanol–water partition coefficient (Wildman–Crippen LogP) is 5.32. The fourth-order valence-electron chi connectivity index (χ4n) is 3.41. The summed E-state index contributed by atoms with van der Waals surface area (Å²) in [5, 5.41) is 19.5. The summed E-state index contributed by atoms with van der Waals surface area (Å²) in [5.41, 5.74) is 0.382. The molecule has 1 aromatic heterocycles. The Balaban J connectivity index is 2.38. The molecule has 0 amide bonds. The van der Waals surface area contributed by atoms with E-state index in [9.17, 15) is 19.8 Å². The number of halogens is 1. The molecule has 1 heterocycles. The Morgan fingerprint density at radius 3 is 2.48 bits per heavy atom. The minimum atomic E-state index is -1.04. The number of rotatable bonds is 5. The lowest BCUT2D eigenvalue weighted by Gasteiger charge is -2.38. The van der Waals surface area contributed by atoms with E-state index in [4.69, 9.17) is 0 Å². The molecule has 1 aliphatic carbocycles. The Labute approximate surface area is 173 Å². The summed E-state index contributed by atoms with van der Waals surface area (Å²) in [5.74, 6) is -2.05. The van der Waals surface area contributed by atoms with Crippen LogP contribution in [0.25, 0.3) is 0 Å². The smallest absolute Gasteiger partial charge is 0.346 e. The fraction of sp³-hybridized carbons (Fsp3) is 0.200. The molecule has 2 atom stereocenters. The third kappa shape index (κ3) is 3.39. The lowest BCUT2D eigenvalue weighted by atomic mass is 9.68. The van der Waals surface area contributed by atoms with Crippen LogP contribution >= 0.6 is 39.0 Å². The van der Waals surface area contributed by atoms with Gasteiger partial charge in [-0.3, -0.25) is 0 Å². The molecule has 0 radical (unpaired) electrons. The third-order valence-electron chi connectivity index (χ3n) is 4.59. The van der Waals surface area contributed by atoms with E-state index < -0.39 is 17.4 Å². The normalized spacial score (nSPS) is 21.7. The molecule has 2 unspecified atom stereocenters. The van der Waals surface area contributed by atoms with Crippen molar-refractivity contribution in [2.24, 2.45) is 0 Å². The molecule has 0 spiro atoms. The van der Waals surface area contributed by atoms with Gasteiger partial charge >= 0.3 is 11.9 Å². The Morgan fingerprint density at radius 2 is 1.89 bits per heavy atom. The number of aromatic carboxylic acids is 2. The second-order valence-corrected chi connectivity index (χ2v) is 9.26. The number of benzene rings is 1.